The number of carbonyl (C=O) groups is 2. The highest BCUT2D eigenvalue weighted by atomic mass is 19.4. The van der Waals surface area contributed by atoms with E-state index in [1.54, 1.807) is 4.90 Å². The number of allylic oxidation sites excluding steroid dienone is 1. The Morgan fingerprint density at radius 1 is 1.14 bits per heavy atom. The molecule has 1 aliphatic rings. The molecule has 0 aromatic heterocycles. The molecule has 2 amide bonds. The fraction of sp³-hybridized carbons (Fsp3) is 0.429. The summed E-state index contributed by atoms with van der Waals surface area (Å²) in [5.74, 6) is -1.18. The van der Waals surface area contributed by atoms with Gasteiger partial charge in [-0.2, -0.15) is 13.2 Å². The Bertz CT molecular complexity index is 1100. The van der Waals surface area contributed by atoms with Gasteiger partial charge in [0.15, 0.2) is 0 Å². The van der Waals surface area contributed by atoms with Crippen LogP contribution < -0.4 is 5.32 Å². The van der Waals surface area contributed by atoms with Crippen LogP contribution in [0.3, 0.4) is 0 Å². The topological polar surface area (TPSA) is 72.9 Å². The van der Waals surface area contributed by atoms with Gasteiger partial charge >= 0.3 is 18.2 Å². The maximum absolute atomic E-state index is 13.2. The van der Waals surface area contributed by atoms with E-state index in [2.05, 4.69) is 31.0 Å². The van der Waals surface area contributed by atoms with E-state index < -0.39 is 30.2 Å². The Kier molecular flexibility index (Phi) is 9.60. The number of hydrogen-bond acceptors (Lipinski definition) is 3. The smallest absolute Gasteiger partial charge is 0.416 e. The Morgan fingerprint density at radius 2 is 1.89 bits per heavy atom. The predicted octanol–water partition coefficient (Wildman–Crippen LogP) is 5.78. The van der Waals surface area contributed by atoms with E-state index in [1.165, 1.54) is 28.2 Å². The van der Waals surface area contributed by atoms with Crippen molar-refractivity contribution >= 4 is 12.0 Å². The van der Waals surface area contributed by atoms with Crippen molar-refractivity contribution in [3.8, 4) is 0 Å². The van der Waals surface area contributed by atoms with Gasteiger partial charge in [0.1, 0.15) is 0 Å². The number of unbranched alkanes of at least 4 members (excludes halogenated alkanes) is 1. The number of aliphatic carboxylic acids is 1. The van der Waals surface area contributed by atoms with Crippen LogP contribution in [0.4, 0.5) is 18.0 Å². The lowest BCUT2D eigenvalue weighted by Gasteiger charge is -2.28. The van der Waals surface area contributed by atoms with E-state index in [0.717, 1.165) is 50.1 Å². The van der Waals surface area contributed by atoms with Crippen molar-refractivity contribution in [1.29, 1.82) is 0 Å². The van der Waals surface area contributed by atoms with Gasteiger partial charge in [-0.3, -0.25) is 4.79 Å². The van der Waals surface area contributed by atoms with Gasteiger partial charge in [0.05, 0.1) is 18.0 Å². The van der Waals surface area contributed by atoms with Crippen LogP contribution in [0.1, 0.15) is 54.0 Å². The van der Waals surface area contributed by atoms with Crippen molar-refractivity contribution in [3.05, 3.63) is 83.1 Å². The molecule has 0 radical (unpaired) electrons. The number of nitrogens with zero attached hydrogens (tertiary/aromatic N) is 2. The zero-order valence-electron chi connectivity index (χ0n) is 21.1. The van der Waals surface area contributed by atoms with Crippen molar-refractivity contribution in [3.63, 3.8) is 0 Å². The number of rotatable bonds is 13. The molecule has 1 atom stereocenters. The average Bonchev–Trinajstić information content (AvgIpc) is 3.21. The molecule has 2 N–H and O–H groups in total. The molecule has 2 aromatic carbocycles. The molecular formula is C28H34F3N3O3. The van der Waals surface area contributed by atoms with Crippen molar-refractivity contribution in [2.45, 2.75) is 51.2 Å². The highest BCUT2D eigenvalue weighted by molar-refractivity contribution is 5.78. The van der Waals surface area contributed by atoms with Crippen molar-refractivity contribution in [1.82, 2.24) is 15.1 Å². The zero-order chi connectivity index (χ0) is 27.0. The number of hydrogen-bond donors (Lipinski definition) is 2. The number of alkyl halides is 3. The number of carbonyl (C=O) groups excluding carboxylic acids is 1. The molecule has 1 heterocycles. The van der Waals surface area contributed by atoms with Crippen LogP contribution in [0.25, 0.3) is 0 Å². The summed E-state index contributed by atoms with van der Waals surface area (Å²) in [5.41, 5.74) is 2.83. The number of urea groups is 1. The summed E-state index contributed by atoms with van der Waals surface area (Å²) in [7, 11) is 0. The summed E-state index contributed by atoms with van der Waals surface area (Å²) >= 11 is 0. The molecule has 0 bridgehead atoms. The number of carboxylic acids is 1. The van der Waals surface area contributed by atoms with Crippen molar-refractivity contribution in [2.75, 3.05) is 26.2 Å². The molecule has 0 aliphatic carbocycles. The number of benzene rings is 2. The van der Waals surface area contributed by atoms with E-state index >= 15 is 0 Å². The molecule has 1 saturated heterocycles. The maximum atomic E-state index is 13.2. The van der Waals surface area contributed by atoms with Gasteiger partial charge < -0.3 is 20.2 Å². The fourth-order valence-electron chi connectivity index (χ4n) is 4.55. The first-order chi connectivity index (χ1) is 17.6. The third kappa shape index (κ3) is 8.00. The van der Waals surface area contributed by atoms with Gasteiger partial charge in [-0.1, -0.05) is 43.0 Å². The second-order valence-corrected chi connectivity index (χ2v) is 9.36. The molecule has 200 valence electrons. The summed E-state index contributed by atoms with van der Waals surface area (Å²) in [5, 5.41) is 12.7. The van der Waals surface area contributed by atoms with E-state index in [-0.39, 0.29) is 18.1 Å². The summed E-state index contributed by atoms with van der Waals surface area (Å²) in [6.45, 7) is 8.08. The van der Waals surface area contributed by atoms with Gasteiger partial charge in [0, 0.05) is 31.9 Å². The molecule has 6 nitrogen and oxygen atoms in total. The summed E-state index contributed by atoms with van der Waals surface area (Å²) in [4.78, 5) is 27.5. The van der Waals surface area contributed by atoms with E-state index in [4.69, 9.17) is 0 Å². The summed E-state index contributed by atoms with van der Waals surface area (Å²) < 4.78 is 39.5. The molecule has 3 rings (SSSR count). The lowest BCUT2D eigenvalue weighted by molar-refractivity contribution is -0.138. The second kappa shape index (κ2) is 12.7. The molecular weight excluding hydrogens is 483 g/mol. The van der Waals surface area contributed by atoms with Gasteiger partial charge in [-0.05, 0) is 61.4 Å². The van der Waals surface area contributed by atoms with E-state index in [9.17, 15) is 27.9 Å². The SMILES string of the molecule is C=C(CCc1ccccc1C)NCCCCN1CCN(C(CC(=O)O)c2cccc(C(F)(F)F)c2)C1=O. The van der Waals surface area contributed by atoms with Crippen LogP contribution in [0.15, 0.2) is 60.8 Å². The van der Waals surface area contributed by atoms with Crippen LogP contribution in [0.5, 0.6) is 0 Å². The molecule has 1 fully saturated rings. The molecule has 0 saturated carbocycles. The number of amides is 2. The van der Waals surface area contributed by atoms with E-state index in [1.807, 2.05) is 12.1 Å². The van der Waals surface area contributed by atoms with Gasteiger partial charge in [0.25, 0.3) is 0 Å². The van der Waals surface area contributed by atoms with Crippen LogP contribution >= 0.6 is 0 Å². The largest absolute Gasteiger partial charge is 0.481 e. The highest BCUT2D eigenvalue weighted by Gasteiger charge is 2.37. The minimum Gasteiger partial charge on any atom is -0.481 e. The number of aryl methyl sites for hydroxylation is 2. The van der Waals surface area contributed by atoms with Gasteiger partial charge in [-0.25, -0.2) is 4.79 Å². The standard InChI is InChI=1S/C28H34F3N3O3/c1-20-8-3-4-9-22(20)13-12-21(2)32-14-5-6-15-33-16-17-34(27(33)37)25(19-26(35)36)23-10-7-11-24(18-23)28(29,30)31/h3-4,7-11,18,25,32H,2,5-6,12-17,19H2,1H3,(H,35,36). The monoisotopic (exact) mass is 517 g/mol. The molecule has 9 heteroatoms. The van der Waals surface area contributed by atoms with Crippen LogP contribution in [0, 0.1) is 6.92 Å². The predicted molar refractivity (Wildman–Crippen MR) is 136 cm³/mol. The third-order valence-electron chi connectivity index (χ3n) is 6.66. The fourth-order valence-corrected chi connectivity index (χ4v) is 4.55. The second-order valence-electron chi connectivity index (χ2n) is 9.36. The Balaban J connectivity index is 1.47. The molecule has 1 unspecified atom stereocenters. The quantitative estimate of drug-likeness (QED) is 0.330. The van der Waals surface area contributed by atoms with Crippen molar-refractivity contribution < 1.29 is 27.9 Å². The molecule has 37 heavy (non-hydrogen) atoms. The third-order valence-corrected chi connectivity index (χ3v) is 6.66. The van der Waals surface area contributed by atoms with Crippen molar-refractivity contribution in [2.24, 2.45) is 0 Å². The minimum absolute atomic E-state index is 0.167. The number of carboxylic acid groups (broad SMARTS) is 1. The van der Waals surface area contributed by atoms with Crippen LogP contribution in [-0.2, 0) is 17.4 Å². The lowest BCUT2D eigenvalue weighted by atomic mass is 10.00. The lowest BCUT2D eigenvalue weighted by Crippen LogP contribution is -2.36. The van der Waals surface area contributed by atoms with Crippen LogP contribution in [-0.4, -0.2) is 53.1 Å². The normalized spacial score (nSPS) is 14.6. The first-order valence-electron chi connectivity index (χ1n) is 12.5. The Morgan fingerprint density at radius 3 is 2.59 bits per heavy atom. The first-order valence-corrected chi connectivity index (χ1v) is 12.5. The molecule has 2 aromatic rings. The Labute approximate surface area is 215 Å². The molecule has 0 spiro atoms. The highest BCUT2D eigenvalue weighted by Crippen LogP contribution is 2.34. The minimum atomic E-state index is -4.55. The molecule has 1 aliphatic heterocycles. The summed E-state index contributed by atoms with van der Waals surface area (Å²) in [6, 6.07) is 11.5. The maximum Gasteiger partial charge on any atom is 0.416 e. The zero-order valence-corrected chi connectivity index (χ0v) is 21.1. The number of halogens is 3. The van der Waals surface area contributed by atoms with E-state index in [0.29, 0.717) is 13.1 Å². The average molecular weight is 518 g/mol. The summed E-state index contributed by atoms with van der Waals surface area (Å²) in [6.07, 6.45) is -1.70. The van der Waals surface area contributed by atoms with Crippen LogP contribution in [0.2, 0.25) is 0 Å². The number of nitrogens with one attached hydrogen (secondary N) is 1. The first kappa shape index (κ1) is 28.1. The Hall–Kier alpha value is -3.49. The van der Waals surface area contributed by atoms with Gasteiger partial charge in [-0.15, -0.1) is 0 Å². The van der Waals surface area contributed by atoms with Gasteiger partial charge in [0.2, 0.25) is 0 Å².